The highest BCUT2D eigenvalue weighted by Crippen LogP contribution is 2.21. The average Bonchev–Trinajstić information content (AvgIpc) is 3.25. The van der Waals surface area contributed by atoms with Crippen LogP contribution < -0.4 is 5.32 Å². The summed E-state index contributed by atoms with van der Waals surface area (Å²) in [6, 6.07) is 7.05. The van der Waals surface area contributed by atoms with Crippen LogP contribution in [0, 0.1) is 0 Å². The van der Waals surface area contributed by atoms with Crippen LogP contribution in [0.2, 0.25) is 0 Å². The van der Waals surface area contributed by atoms with Gasteiger partial charge in [-0.1, -0.05) is 0 Å². The molecule has 0 unspecified atom stereocenters. The molecule has 1 N–H and O–H groups in total. The summed E-state index contributed by atoms with van der Waals surface area (Å²) >= 11 is 0. The summed E-state index contributed by atoms with van der Waals surface area (Å²) in [5.41, 5.74) is 2.57. The van der Waals surface area contributed by atoms with Crippen molar-refractivity contribution in [3.63, 3.8) is 0 Å². The molecule has 4 aromatic rings. The fraction of sp³-hybridized carbons (Fsp3) is 0. The van der Waals surface area contributed by atoms with E-state index in [0.717, 1.165) is 5.69 Å². The molecule has 0 aliphatic carbocycles. The van der Waals surface area contributed by atoms with Gasteiger partial charge in [0, 0.05) is 29.8 Å². The van der Waals surface area contributed by atoms with Gasteiger partial charge < -0.3 is 9.73 Å². The quantitative estimate of drug-likeness (QED) is 0.583. The van der Waals surface area contributed by atoms with E-state index in [2.05, 4.69) is 20.4 Å². The van der Waals surface area contributed by atoms with Crippen molar-refractivity contribution in [2.24, 2.45) is 0 Å². The highest BCUT2D eigenvalue weighted by Gasteiger charge is 2.15. The summed E-state index contributed by atoms with van der Waals surface area (Å²) < 4.78 is 6.57. The maximum absolute atomic E-state index is 12.4. The standard InChI is InChI=1S/C16H11N5O2/c22-15(11-3-6-23-9-11)12-7-14-16(18-10-19-21(14)8-12)20-13-1-4-17-5-2-13/h1-10H,(H,17,18,19,20). The van der Waals surface area contributed by atoms with Crippen molar-refractivity contribution in [3.8, 4) is 0 Å². The number of nitrogens with zero attached hydrogens (tertiary/aromatic N) is 4. The second-order valence-electron chi connectivity index (χ2n) is 4.87. The zero-order valence-corrected chi connectivity index (χ0v) is 11.9. The lowest BCUT2D eigenvalue weighted by atomic mass is 10.1. The van der Waals surface area contributed by atoms with Gasteiger partial charge in [-0.05, 0) is 24.3 Å². The smallest absolute Gasteiger partial charge is 0.197 e. The van der Waals surface area contributed by atoms with Gasteiger partial charge in [0.2, 0.25) is 0 Å². The normalized spacial score (nSPS) is 10.8. The first-order valence-electron chi connectivity index (χ1n) is 6.88. The van der Waals surface area contributed by atoms with Crippen LogP contribution in [-0.2, 0) is 0 Å². The molecule has 4 aromatic heterocycles. The van der Waals surface area contributed by atoms with Crippen LogP contribution in [-0.4, -0.2) is 25.4 Å². The minimum absolute atomic E-state index is 0.126. The monoisotopic (exact) mass is 305 g/mol. The van der Waals surface area contributed by atoms with Crippen LogP contribution in [0.5, 0.6) is 0 Å². The lowest BCUT2D eigenvalue weighted by molar-refractivity contribution is 0.103. The van der Waals surface area contributed by atoms with Crippen LogP contribution >= 0.6 is 0 Å². The van der Waals surface area contributed by atoms with E-state index in [-0.39, 0.29) is 5.78 Å². The summed E-state index contributed by atoms with van der Waals surface area (Å²) in [4.78, 5) is 20.6. The number of carbonyl (C=O) groups excluding carboxylic acids is 1. The van der Waals surface area contributed by atoms with E-state index in [1.54, 1.807) is 35.2 Å². The summed E-state index contributed by atoms with van der Waals surface area (Å²) in [7, 11) is 0. The van der Waals surface area contributed by atoms with Crippen LogP contribution in [0.15, 0.2) is 66.1 Å². The predicted molar refractivity (Wildman–Crippen MR) is 82.6 cm³/mol. The Labute approximate surface area is 130 Å². The number of hydrogen-bond donors (Lipinski definition) is 1. The number of pyridine rings is 1. The van der Waals surface area contributed by atoms with E-state index < -0.39 is 0 Å². The third kappa shape index (κ3) is 2.44. The van der Waals surface area contributed by atoms with Gasteiger partial charge in [0.25, 0.3) is 0 Å². The molecule has 0 aliphatic rings. The lowest BCUT2D eigenvalue weighted by Gasteiger charge is -2.05. The number of rotatable bonds is 4. The van der Waals surface area contributed by atoms with E-state index in [4.69, 9.17) is 4.42 Å². The number of aromatic nitrogens is 4. The zero-order valence-electron chi connectivity index (χ0n) is 11.9. The van der Waals surface area contributed by atoms with Crippen molar-refractivity contribution in [2.45, 2.75) is 0 Å². The zero-order chi connectivity index (χ0) is 15.6. The van der Waals surface area contributed by atoms with Crippen molar-refractivity contribution in [1.82, 2.24) is 19.6 Å². The van der Waals surface area contributed by atoms with Gasteiger partial charge in [-0.25, -0.2) is 9.50 Å². The molecule has 0 amide bonds. The van der Waals surface area contributed by atoms with E-state index in [1.807, 2.05) is 12.1 Å². The van der Waals surface area contributed by atoms with E-state index in [9.17, 15) is 4.79 Å². The molecule has 0 bridgehead atoms. The number of furan rings is 1. The first-order valence-corrected chi connectivity index (χ1v) is 6.88. The Morgan fingerprint density at radius 2 is 2.04 bits per heavy atom. The predicted octanol–water partition coefficient (Wildman–Crippen LogP) is 2.69. The fourth-order valence-electron chi connectivity index (χ4n) is 2.28. The molecular weight excluding hydrogens is 294 g/mol. The molecule has 0 saturated heterocycles. The molecule has 7 heteroatoms. The van der Waals surface area contributed by atoms with Crippen LogP contribution in [0.25, 0.3) is 5.52 Å². The largest absolute Gasteiger partial charge is 0.472 e. The first-order chi connectivity index (χ1) is 11.3. The van der Waals surface area contributed by atoms with Gasteiger partial charge in [0.15, 0.2) is 11.6 Å². The molecule has 112 valence electrons. The molecule has 23 heavy (non-hydrogen) atoms. The Bertz CT molecular complexity index is 961. The highest BCUT2D eigenvalue weighted by atomic mass is 16.3. The third-order valence-electron chi connectivity index (χ3n) is 3.39. The summed E-state index contributed by atoms with van der Waals surface area (Å²) in [5, 5.41) is 7.34. The molecule has 4 rings (SSSR count). The number of nitrogens with one attached hydrogen (secondary N) is 1. The second-order valence-corrected chi connectivity index (χ2v) is 4.87. The maximum Gasteiger partial charge on any atom is 0.197 e. The minimum atomic E-state index is -0.126. The Morgan fingerprint density at radius 1 is 1.17 bits per heavy atom. The van der Waals surface area contributed by atoms with Crippen molar-refractivity contribution in [1.29, 1.82) is 0 Å². The van der Waals surface area contributed by atoms with Crippen molar-refractivity contribution < 1.29 is 9.21 Å². The average molecular weight is 305 g/mol. The Kier molecular flexibility index (Phi) is 3.09. The number of anilines is 2. The number of hydrogen-bond acceptors (Lipinski definition) is 6. The molecule has 4 heterocycles. The SMILES string of the molecule is O=C(c1ccoc1)c1cc2c(Nc3ccncc3)ncnn2c1. The molecule has 0 aliphatic heterocycles. The Balaban J connectivity index is 1.74. The van der Waals surface area contributed by atoms with Gasteiger partial charge in [-0.3, -0.25) is 9.78 Å². The molecule has 0 aromatic carbocycles. The minimum Gasteiger partial charge on any atom is -0.472 e. The first kappa shape index (κ1) is 13.2. The fourth-order valence-corrected chi connectivity index (χ4v) is 2.28. The maximum atomic E-state index is 12.4. The van der Waals surface area contributed by atoms with Crippen LogP contribution in [0.1, 0.15) is 15.9 Å². The number of fused-ring (bicyclic) bond motifs is 1. The Hall–Kier alpha value is -3.48. The topological polar surface area (TPSA) is 85.3 Å². The molecule has 0 atom stereocenters. The van der Waals surface area contributed by atoms with Crippen molar-refractivity contribution in [2.75, 3.05) is 5.32 Å². The molecule has 0 saturated carbocycles. The van der Waals surface area contributed by atoms with Gasteiger partial charge >= 0.3 is 0 Å². The molecule has 0 spiro atoms. The van der Waals surface area contributed by atoms with Gasteiger partial charge in [0.1, 0.15) is 18.1 Å². The van der Waals surface area contributed by atoms with Crippen molar-refractivity contribution in [3.05, 3.63) is 72.8 Å². The summed E-state index contributed by atoms with van der Waals surface area (Å²) in [6.45, 7) is 0. The summed E-state index contributed by atoms with van der Waals surface area (Å²) in [6.07, 6.45) is 9.37. The number of carbonyl (C=O) groups is 1. The van der Waals surface area contributed by atoms with Crippen LogP contribution in [0.4, 0.5) is 11.5 Å². The van der Waals surface area contributed by atoms with E-state index >= 15 is 0 Å². The van der Waals surface area contributed by atoms with Crippen molar-refractivity contribution >= 4 is 22.8 Å². The molecular formula is C16H11N5O2. The van der Waals surface area contributed by atoms with E-state index in [1.165, 1.54) is 18.9 Å². The number of ketones is 1. The Morgan fingerprint density at radius 3 is 2.83 bits per heavy atom. The second kappa shape index (κ2) is 5.38. The molecule has 0 radical (unpaired) electrons. The van der Waals surface area contributed by atoms with Crippen LogP contribution in [0.3, 0.4) is 0 Å². The van der Waals surface area contributed by atoms with Gasteiger partial charge in [-0.15, -0.1) is 0 Å². The van der Waals surface area contributed by atoms with E-state index in [0.29, 0.717) is 22.5 Å². The lowest BCUT2D eigenvalue weighted by Crippen LogP contribution is -1.99. The molecule has 0 fully saturated rings. The van der Waals surface area contributed by atoms with Gasteiger partial charge in [-0.2, -0.15) is 5.10 Å². The van der Waals surface area contributed by atoms with Gasteiger partial charge in [0.05, 0.1) is 11.8 Å². The summed E-state index contributed by atoms with van der Waals surface area (Å²) in [5.74, 6) is 0.483. The highest BCUT2D eigenvalue weighted by molar-refractivity contribution is 6.09. The third-order valence-corrected chi connectivity index (χ3v) is 3.39. The molecule has 7 nitrogen and oxygen atoms in total.